The van der Waals surface area contributed by atoms with Crippen LogP contribution in [0.1, 0.15) is 70.9 Å². The van der Waals surface area contributed by atoms with Crippen LogP contribution in [0.15, 0.2) is 82.3 Å². The Morgan fingerprint density at radius 2 is 1.45 bits per heavy atom. The predicted octanol–water partition coefficient (Wildman–Crippen LogP) is 4.35. The molecule has 0 saturated heterocycles. The molecule has 5 N–H and O–H groups in total. The van der Waals surface area contributed by atoms with Gasteiger partial charge in [0.25, 0.3) is 25.6 Å². The van der Waals surface area contributed by atoms with E-state index >= 15 is 0 Å². The summed E-state index contributed by atoms with van der Waals surface area (Å²) in [7, 11) is -14.1. The third-order valence-electron chi connectivity index (χ3n) is 10.1. The molecule has 2 aromatic carbocycles. The van der Waals surface area contributed by atoms with Crippen molar-refractivity contribution in [2.75, 3.05) is 18.0 Å². The smallest absolute Gasteiger partial charge is 0.329 e. The molecule has 0 radical (unpaired) electrons. The Bertz CT molecular complexity index is 2320. The number of urea groups is 1. The quantitative estimate of drug-likeness (QED) is 0.136. The van der Waals surface area contributed by atoms with Crippen molar-refractivity contribution in [3.8, 4) is 0 Å². The Labute approximate surface area is 309 Å². The van der Waals surface area contributed by atoms with E-state index in [2.05, 4.69) is 10.6 Å². The van der Waals surface area contributed by atoms with Gasteiger partial charge in [0.2, 0.25) is 17.3 Å². The van der Waals surface area contributed by atoms with E-state index in [9.17, 15) is 48.5 Å². The van der Waals surface area contributed by atoms with Crippen LogP contribution < -0.4 is 15.5 Å². The minimum Gasteiger partial charge on any atom is -0.353 e. The number of amides is 3. The molecule has 0 bridgehead atoms. The maximum absolute atomic E-state index is 14.2. The number of carbonyl (C=O) groups excluding carboxylic acids is 2. The molecule has 53 heavy (non-hydrogen) atoms. The van der Waals surface area contributed by atoms with E-state index in [1.807, 2.05) is 13.8 Å². The number of nitrogens with one attached hydrogen (secondary N) is 2. The highest BCUT2D eigenvalue weighted by molar-refractivity contribution is 7.86. The maximum atomic E-state index is 14.2. The van der Waals surface area contributed by atoms with Crippen LogP contribution in [0.4, 0.5) is 16.2 Å². The van der Waals surface area contributed by atoms with Crippen LogP contribution in [-0.2, 0) is 46.0 Å². The SMILES string of the molecule is CCCCCC1(C)C2=CC=CC=CC3=[N+](C(CC)S(=O)(=O)O)c4ccc(S(=O)(=O)O)cc4C3(C)C(=O)NCCNC(=O)N2c2ccc(S(=O)(=O)O)cc21. The highest BCUT2D eigenvalue weighted by Crippen LogP contribution is 2.51. The van der Waals surface area contributed by atoms with Gasteiger partial charge in [-0.05, 0) is 62.2 Å². The molecule has 0 saturated carbocycles. The summed E-state index contributed by atoms with van der Waals surface area (Å²) in [5, 5.41) is 3.96. The molecule has 286 valence electrons. The lowest BCUT2D eigenvalue weighted by atomic mass is 9.77. The molecule has 5 rings (SSSR count). The summed E-state index contributed by atoms with van der Waals surface area (Å²) in [4.78, 5) is 28.7. The third kappa shape index (κ3) is 7.35. The standard InChI is InChI=1S/C35H42N4O11S3/c1-5-7-11-18-34(3)25-21-23(51(42,43)44)14-16-27(25)39-29(34)12-9-8-10-13-30-35(4,32(40)36-19-20-37-33(39)41)26-22-24(52(45,46)47)15-17-28(26)38(30)31(6-2)53(48,49)50/h8-10,12-17,21-22,31H,5-7,11,18-20H2,1-4H3,(H4-,36,37,40,41,42,43,44,45,46,47,48,49,50)/p+1. The second-order valence-corrected chi connectivity index (χ2v) is 17.9. The van der Waals surface area contributed by atoms with Gasteiger partial charge >= 0.3 is 16.1 Å². The molecule has 18 heteroatoms. The normalized spacial score (nSPS) is 22.8. The van der Waals surface area contributed by atoms with Gasteiger partial charge in [0.05, 0.1) is 21.0 Å². The summed E-state index contributed by atoms with van der Waals surface area (Å²) in [6, 6.07) is 6.89. The topological polar surface area (TPSA) is 228 Å². The molecular formula is C35H43N4O11S3+. The van der Waals surface area contributed by atoms with Crippen molar-refractivity contribution in [1.29, 1.82) is 0 Å². The number of benzene rings is 2. The van der Waals surface area contributed by atoms with Crippen LogP contribution in [0, 0.1) is 0 Å². The number of allylic oxidation sites excluding steroid dienone is 6. The Morgan fingerprint density at radius 1 is 0.830 bits per heavy atom. The lowest BCUT2D eigenvalue weighted by molar-refractivity contribution is -0.457. The zero-order valence-electron chi connectivity index (χ0n) is 29.6. The number of hydrogen-bond acceptors (Lipinski definition) is 8. The van der Waals surface area contributed by atoms with E-state index in [1.165, 1.54) is 59.7 Å². The Balaban J connectivity index is 1.73. The van der Waals surface area contributed by atoms with Gasteiger partial charge in [-0.25, -0.2) is 4.79 Å². The first-order chi connectivity index (χ1) is 24.7. The number of anilines is 1. The molecule has 0 aromatic heterocycles. The van der Waals surface area contributed by atoms with Crippen LogP contribution in [-0.4, -0.2) is 79.6 Å². The summed E-state index contributed by atoms with van der Waals surface area (Å²) in [6.45, 7) is 6.69. The van der Waals surface area contributed by atoms with E-state index in [0.29, 0.717) is 23.4 Å². The van der Waals surface area contributed by atoms with E-state index in [4.69, 9.17) is 0 Å². The van der Waals surface area contributed by atoms with Crippen LogP contribution in [0.5, 0.6) is 0 Å². The number of hydrogen-bond donors (Lipinski definition) is 5. The van der Waals surface area contributed by atoms with E-state index < -0.39 is 63.4 Å². The van der Waals surface area contributed by atoms with Gasteiger partial charge < -0.3 is 10.6 Å². The second kappa shape index (κ2) is 14.6. The molecular weight excluding hydrogens is 749 g/mol. The van der Waals surface area contributed by atoms with Gasteiger partial charge in [0.1, 0.15) is 0 Å². The van der Waals surface area contributed by atoms with E-state index in [-0.39, 0.29) is 41.4 Å². The first-order valence-electron chi connectivity index (χ1n) is 17.0. The molecule has 2 aromatic rings. The lowest BCUT2D eigenvalue weighted by Gasteiger charge is -2.29. The van der Waals surface area contributed by atoms with Gasteiger partial charge in [-0.2, -0.15) is 29.8 Å². The molecule has 3 heterocycles. The Hall–Kier alpha value is -4.20. The van der Waals surface area contributed by atoms with Crippen LogP contribution >= 0.6 is 0 Å². The lowest BCUT2D eigenvalue weighted by Crippen LogP contribution is -2.50. The fourth-order valence-corrected chi connectivity index (χ4v) is 9.30. The van der Waals surface area contributed by atoms with Gasteiger partial charge in [0, 0.05) is 42.8 Å². The van der Waals surface area contributed by atoms with Crippen molar-refractivity contribution >= 4 is 59.4 Å². The van der Waals surface area contributed by atoms with Gasteiger partial charge in [0.15, 0.2) is 5.41 Å². The van der Waals surface area contributed by atoms with Crippen molar-refractivity contribution < 1.29 is 53.1 Å². The fourth-order valence-electron chi connectivity index (χ4n) is 7.37. The van der Waals surface area contributed by atoms with Crippen molar-refractivity contribution in [3.05, 3.63) is 83.6 Å². The highest BCUT2D eigenvalue weighted by Gasteiger charge is 2.56. The summed E-state index contributed by atoms with van der Waals surface area (Å²) < 4.78 is 105. The molecule has 0 fully saturated rings. The van der Waals surface area contributed by atoms with Crippen molar-refractivity contribution in [2.45, 2.75) is 85.8 Å². The van der Waals surface area contributed by atoms with Crippen LogP contribution in [0.3, 0.4) is 0 Å². The number of fused-ring (bicyclic) bond motifs is 6. The van der Waals surface area contributed by atoms with Crippen LogP contribution in [0.2, 0.25) is 0 Å². The number of unbranched alkanes of at least 4 members (excludes halogenated alkanes) is 2. The van der Waals surface area contributed by atoms with E-state index in [1.54, 1.807) is 18.2 Å². The Morgan fingerprint density at radius 3 is 2.06 bits per heavy atom. The Kier molecular flexibility index (Phi) is 11.0. The monoisotopic (exact) mass is 791 g/mol. The largest absolute Gasteiger partial charge is 0.353 e. The van der Waals surface area contributed by atoms with Gasteiger partial charge in [-0.1, -0.05) is 51.3 Å². The minimum absolute atomic E-state index is 0.0516. The predicted molar refractivity (Wildman–Crippen MR) is 197 cm³/mol. The molecule has 3 atom stereocenters. The highest BCUT2D eigenvalue weighted by atomic mass is 32.2. The average molecular weight is 792 g/mol. The molecule has 0 spiro atoms. The first-order valence-corrected chi connectivity index (χ1v) is 21.4. The van der Waals surface area contributed by atoms with Crippen molar-refractivity contribution in [3.63, 3.8) is 0 Å². The fraction of sp³-hybridized carbons (Fsp3) is 0.400. The molecule has 3 amide bonds. The summed E-state index contributed by atoms with van der Waals surface area (Å²) in [5.74, 6) is -0.696. The zero-order chi connectivity index (χ0) is 39.1. The minimum atomic E-state index is -4.78. The number of carbonyl (C=O) groups is 2. The summed E-state index contributed by atoms with van der Waals surface area (Å²) in [5.41, 5.74) is -0.952. The zero-order valence-corrected chi connectivity index (χ0v) is 32.1. The van der Waals surface area contributed by atoms with E-state index in [0.717, 1.165) is 31.4 Å². The average Bonchev–Trinajstić information content (AvgIpc) is 3.46. The number of rotatable bonds is 9. The van der Waals surface area contributed by atoms with Crippen molar-refractivity contribution in [1.82, 2.24) is 10.6 Å². The molecule has 3 aliphatic heterocycles. The maximum Gasteiger partial charge on any atom is 0.329 e. The molecule has 0 aliphatic carbocycles. The number of nitrogens with zero attached hydrogens (tertiary/aromatic N) is 2. The first kappa shape index (κ1) is 40.0. The van der Waals surface area contributed by atoms with Crippen molar-refractivity contribution in [2.24, 2.45) is 0 Å². The van der Waals surface area contributed by atoms with Crippen LogP contribution in [0.25, 0.3) is 0 Å². The molecule has 3 aliphatic rings. The second-order valence-electron chi connectivity index (χ2n) is 13.5. The summed E-state index contributed by atoms with van der Waals surface area (Å²) in [6.07, 6.45) is 10.8. The molecule has 15 nitrogen and oxygen atoms in total. The molecule has 3 unspecified atom stereocenters. The van der Waals surface area contributed by atoms with Gasteiger partial charge in [-0.3, -0.25) is 23.4 Å². The van der Waals surface area contributed by atoms with Gasteiger partial charge in [-0.15, -0.1) is 0 Å². The third-order valence-corrected chi connectivity index (χ3v) is 13.0. The summed E-state index contributed by atoms with van der Waals surface area (Å²) >= 11 is 0.